The monoisotopic (exact) mass is 131 g/mol. The molecule has 9 heavy (non-hydrogen) atoms. The van der Waals surface area contributed by atoms with Gasteiger partial charge in [-0.1, -0.05) is 40.0 Å². The highest BCUT2D eigenvalue weighted by atomic mass is 14.4. The molecule has 0 saturated carbocycles. The Hall–Kier alpha value is -0.0400. The molecule has 0 atom stereocenters. The normalized spacial score (nSPS) is 8.67. The minimum atomic E-state index is 0.903. The minimum Gasteiger partial charge on any atom is -0.333 e. The van der Waals surface area contributed by atoms with Crippen LogP contribution in [0, 0.1) is 5.92 Å². The summed E-state index contributed by atoms with van der Waals surface area (Å²) in [4.78, 5) is 0. The van der Waals surface area contributed by atoms with Gasteiger partial charge < -0.3 is 5.73 Å². The second kappa shape index (κ2) is 10.9. The molecule has 0 heterocycles. The van der Waals surface area contributed by atoms with Crippen molar-refractivity contribution in [2.45, 2.75) is 40.0 Å². The predicted molar refractivity (Wildman–Crippen MR) is 44.5 cm³/mol. The second-order valence-electron chi connectivity index (χ2n) is 2.54. The van der Waals surface area contributed by atoms with Gasteiger partial charge >= 0.3 is 0 Å². The lowest BCUT2D eigenvalue weighted by molar-refractivity contribution is 0.550. The standard InChI is InChI=1S/C7H16.CH5N/c1-4-5-6-7(2)3;1-2/h7H,4-6H2,1-3H3;2H2,1H3. The van der Waals surface area contributed by atoms with Crippen molar-refractivity contribution in [2.24, 2.45) is 11.7 Å². The van der Waals surface area contributed by atoms with Crippen LogP contribution in [-0.2, 0) is 0 Å². The van der Waals surface area contributed by atoms with Gasteiger partial charge in [0.2, 0.25) is 0 Å². The van der Waals surface area contributed by atoms with Crippen molar-refractivity contribution in [3.05, 3.63) is 0 Å². The van der Waals surface area contributed by atoms with Crippen molar-refractivity contribution in [1.29, 1.82) is 0 Å². The Bertz CT molecular complexity index is 33.5. The molecule has 58 valence electrons. The third kappa shape index (κ3) is 18.0. The van der Waals surface area contributed by atoms with Crippen LogP contribution in [0.1, 0.15) is 40.0 Å². The van der Waals surface area contributed by atoms with E-state index in [9.17, 15) is 0 Å². The smallest absolute Gasteiger partial charge is 0.0195 e. The predicted octanol–water partition coefficient (Wildman–Crippen LogP) is 2.41. The molecule has 0 bridgehead atoms. The molecule has 0 radical (unpaired) electrons. The van der Waals surface area contributed by atoms with E-state index in [0.29, 0.717) is 0 Å². The maximum atomic E-state index is 4.50. The van der Waals surface area contributed by atoms with E-state index in [4.69, 9.17) is 0 Å². The molecule has 0 aliphatic rings. The number of nitrogens with two attached hydrogens (primary N) is 1. The molecule has 2 N–H and O–H groups in total. The van der Waals surface area contributed by atoms with Gasteiger partial charge in [0.25, 0.3) is 0 Å². The Morgan fingerprint density at radius 2 is 1.67 bits per heavy atom. The summed E-state index contributed by atoms with van der Waals surface area (Å²) < 4.78 is 0. The Kier molecular flexibility index (Phi) is 14.1. The zero-order valence-electron chi connectivity index (χ0n) is 7.28. The maximum Gasteiger partial charge on any atom is -0.0195 e. The summed E-state index contributed by atoms with van der Waals surface area (Å²) in [6.45, 7) is 6.79. The minimum absolute atomic E-state index is 0.903. The summed E-state index contributed by atoms with van der Waals surface area (Å²) in [5.41, 5.74) is 4.50. The van der Waals surface area contributed by atoms with E-state index in [1.165, 1.54) is 26.3 Å². The van der Waals surface area contributed by atoms with Crippen molar-refractivity contribution < 1.29 is 0 Å². The molecule has 1 nitrogen and oxygen atoms in total. The van der Waals surface area contributed by atoms with Crippen LogP contribution in [0.2, 0.25) is 0 Å². The number of hydrogen-bond donors (Lipinski definition) is 1. The van der Waals surface area contributed by atoms with Crippen LogP contribution >= 0.6 is 0 Å². The lowest BCUT2D eigenvalue weighted by atomic mass is 10.1. The lowest BCUT2D eigenvalue weighted by Crippen LogP contribution is -1.83. The highest BCUT2D eigenvalue weighted by Crippen LogP contribution is 2.04. The fourth-order valence-electron chi connectivity index (χ4n) is 0.612. The van der Waals surface area contributed by atoms with Crippen LogP contribution in [0.4, 0.5) is 0 Å². The Labute approximate surface area is 59.6 Å². The van der Waals surface area contributed by atoms with Gasteiger partial charge in [-0.15, -0.1) is 0 Å². The number of unbranched alkanes of at least 4 members (excludes halogenated alkanes) is 1. The first-order valence-electron chi connectivity index (χ1n) is 3.85. The van der Waals surface area contributed by atoms with Crippen molar-refractivity contribution in [1.82, 2.24) is 0 Å². The highest BCUT2D eigenvalue weighted by Gasteiger charge is 1.88. The van der Waals surface area contributed by atoms with Crippen molar-refractivity contribution in [3.8, 4) is 0 Å². The van der Waals surface area contributed by atoms with E-state index >= 15 is 0 Å². The first-order chi connectivity index (χ1) is 4.27. The summed E-state index contributed by atoms with van der Waals surface area (Å²) in [7, 11) is 1.50. The summed E-state index contributed by atoms with van der Waals surface area (Å²) in [6.07, 6.45) is 4.15. The van der Waals surface area contributed by atoms with E-state index in [1.54, 1.807) is 0 Å². The summed E-state index contributed by atoms with van der Waals surface area (Å²) in [6, 6.07) is 0. The van der Waals surface area contributed by atoms with E-state index in [0.717, 1.165) is 5.92 Å². The topological polar surface area (TPSA) is 26.0 Å². The third-order valence-corrected chi connectivity index (χ3v) is 1.14. The van der Waals surface area contributed by atoms with Crippen molar-refractivity contribution in [3.63, 3.8) is 0 Å². The van der Waals surface area contributed by atoms with Gasteiger partial charge in [0, 0.05) is 0 Å². The van der Waals surface area contributed by atoms with Crippen LogP contribution < -0.4 is 5.73 Å². The van der Waals surface area contributed by atoms with E-state index in [1.807, 2.05) is 0 Å². The quantitative estimate of drug-likeness (QED) is 0.625. The van der Waals surface area contributed by atoms with Gasteiger partial charge in [0.1, 0.15) is 0 Å². The molecule has 0 spiro atoms. The van der Waals surface area contributed by atoms with Gasteiger partial charge in [-0.05, 0) is 13.0 Å². The largest absolute Gasteiger partial charge is 0.333 e. The molecule has 0 aliphatic heterocycles. The molecule has 0 aromatic carbocycles. The zero-order valence-corrected chi connectivity index (χ0v) is 7.28. The third-order valence-electron chi connectivity index (χ3n) is 1.14. The Morgan fingerprint density at radius 3 is 1.78 bits per heavy atom. The first kappa shape index (κ1) is 11.7. The van der Waals surface area contributed by atoms with E-state index < -0.39 is 0 Å². The van der Waals surface area contributed by atoms with E-state index in [-0.39, 0.29) is 0 Å². The van der Waals surface area contributed by atoms with Crippen LogP contribution in [0.15, 0.2) is 0 Å². The zero-order chi connectivity index (χ0) is 7.70. The molecule has 0 aliphatic carbocycles. The molecule has 0 amide bonds. The van der Waals surface area contributed by atoms with Gasteiger partial charge in [-0.2, -0.15) is 0 Å². The molecule has 0 aromatic heterocycles. The molecule has 0 unspecified atom stereocenters. The Morgan fingerprint density at radius 1 is 1.22 bits per heavy atom. The van der Waals surface area contributed by atoms with Gasteiger partial charge in [0.05, 0.1) is 0 Å². The van der Waals surface area contributed by atoms with Crippen LogP contribution in [-0.4, -0.2) is 7.05 Å². The fourth-order valence-corrected chi connectivity index (χ4v) is 0.612. The van der Waals surface area contributed by atoms with Gasteiger partial charge in [-0.3, -0.25) is 0 Å². The summed E-state index contributed by atoms with van der Waals surface area (Å²) in [5, 5.41) is 0. The molecular formula is C8H21N. The summed E-state index contributed by atoms with van der Waals surface area (Å²) in [5.74, 6) is 0.903. The molecule has 0 fully saturated rings. The molecule has 0 saturated heterocycles. The lowest BCUT2D eigenvalue weighted by Gasteiger charge is -1.98. The SMILES string of the molecule is CCCCC(C)C.CN. The van der Waals surface area contributed by atoms with Crippen LogP contribution in [0.25, 0.3) is 0 Å². The highest BCUT2D eigenvalue weighted by molar-refractivity contribution is 4.42. The molecule has 0 aromatic rings. The van der Waals surface area contributed by atoms with Crippen molar-refractivity contribution in [2.75, 3.05) is 7.05 Å². The second-order valence-corrected chi connectivity index (χ2v) is 2.54. The van der Waals surface area contributed by atoms with E-state index in [2.05, 4.69) is 26.5 Å². The molecule has 1 heteroatoms. The average molecular weight is 131 g/mol. The average Bonchev–Trinajstić information content (AvgIpc) is 1.88. The molecule has 0 rings (SSSR count). The first-order valence-corrected chi connectivity index (χ1v) is 3.85. The Balaban J connectivity index is 0. The van der Waals surface area contributed by atoms with Crippen molar-refractivity contribution >= 4 is 0 Å². The van der Waals surface area contributed by atoms with Crippen LogP contribution in [0.5, 0.6) is 0 Å². The summed E-state index contributed by atoms with van der Waals surface area (Å²) >= 11 is 0. The number of rotatable bonds is 3. The number of hydrogen-bond acceptors (Lipinski definition) is 1. The van der Waals surface area contributed by atoms with Crippen LogP contribution in [0.3, 0.4) is 0 Å². The fraction of sp³-hybridized carbons (Fsp3) is 1.00. The molecular weight excluding hydrogens is 110 g/mol. The van der Waals surface area contributed by atoms with Gasteiger partial charge in [-0.25, -0.2) is 0 Å². The maximum absolute atomic E-state index is 4.50. The van der Waals surface area contributed by atoms with Gasteiger partial charge in [0.15, 0.2) is 0 Å².